The zero-order valence-electron chi connectivity index (χ0n) is 11.9. The zero-order valence-corrected chi connectivity index (χ0v) is 11.9. The number of carbonyl (C=O) groups is 1. The predicted molar refractivity (Wildman–Crippen MR) is 79.1 cm³/mol. The summed E-state index contributed by atoms with van der Waals surface area (Å²) in [7, 11) is 1.63. The highest BCUT2D eigenvalue weighted by Gasteiger charge is 2.21. The van der Waals surface area contributed by atoms with Gasteiger partial charge in [-0.25, -0.2) is 0 Å². The third kappa shape index (κ3) is 2.81. The minimum atomic E-state index is -0.195. The topological polar surface area (TPSA) is 79.0 Å². The number of aromatic nitrogens is 2. The largest absolute Gasteiger partial charge is 0.380 e. The molecule has 1 aliphatic rings. The molecule has 0 aliphatic carbocycles. The van der Waals surface area contributed by atoms with Crippen LogP contribution in [0.2, 0.25) is 0 Å². The van der Waals surface area contributed by atoms with Crippen molar-refractivity contribution in [2.45, 2.75) is 19.6 Å². The average Bonchev–Trinajstić information content (AvgIpc) is 2.93. The summed E-state index contributed by atoms with van der Waals surface area (Å²) in [6, 6.07) is 7.60. The van der Waals surface area contributed by atoms with Crippen LogP contribution in [0.4, 0.5) is 5.69 Å². The first-order chi connectivity index (χ1) is 10.3. The standard InChI is InChI=1S/C15H18N4O2/c1-21-9-10-4-2-3-5-12(10)17-15(20)14-11-8-16-7-6-13(11)18-19-14/h2-5,16H,6-9H2,1H3,(H,17,20)(H,18,19). The molecule has 1 aromatic carbocycles. The van der Waals surface area contributed by atoms with E-state index < -0.39 is 0 Å². The van der Waals surface area contributed by atoms with Gasteiger partial charge in [0.05, 0.1) is 6.61 Å². The van der Waals surface area contributed by atoms with Crippen molar-refractivity contribution >= 4 is 11.6 Å². The van der Waals surface area contributed by atoms with E-state index in [-0.39, 0.29) is 5.91 Å². The highest BCUT2D eigenvalue weighted by molar-refractivity contribution is 6.04. The van der Waals surface area contributed by atoms with E-state index in [1.807, 2.05) is 24.3 Å². The lowest BCUT2D eigenvalue weighted by Crippen LogP contribution is -2.25. The van der Waals surface area contributed by atoms with E-state index in [9.17, 15) is 4.79 Å². The Morgan fingerprint density at radius 1 is 1.43 bits per heavy atom. The van der Waals surface area contributed by atoms with Gasteiger partial charge in [-0.1, -0.05) is 18.2 Å². The second-order valence-electron chi connectivity index (χ2n) is 5.00. The first-order valence-corrected chi connectivity index (χ1v) is 6.94. The molecule has 6 heteroatoms. The number of hydrogen-bond donors (Lipinski definition) is 3. The van der Waals surface area contributed by atoms with E-state index in [1.165, 1.54) is 0 Å². The summed E-state index contributed by atoms with van der Waals surface area (Å²) in [5.41, 5.74) is 4.16. The molecule has 0 spiro atoms. The number of amides is 1. The van der Waals surface area contributed by atoms with Crippen LogP contribution in [-0.4, -0.2) is 29.8 Å². The van der Waals surface area contributed by atoms with Gasteiger partial charge in [0.1, 0.15) is 0 Å². The Bertz CT molecular complexity index is 651. The Labute approximate surface area is 122 Å². The molecule has 3 rings (SSSR count). The van der Waals surface area contributed by atoms with Crippen molar-refractivity contribution in [3.63, 3.8) is 0 Å². The summed E-state index contributed by atoms with van der Waals surface area (Å²) in [6.45, 7) is 2.04. The number of H-pyrrole nitrogens is 1. The van der Waals surface area contributed by atoms with E-state index in [1.54, 1.807) is 7.11 Å². The van der Waals surface area contributed by atoms with Crippen LogP contribution in [-0.2, 0) is 24.3 Å². The van der Waals surface area contributed by atoms with Gasteiger partial charge in [-0.3, -0.25) is 9.89 Å². The number of ether oxygens (including phenoxy) is 1. The van der Waals surface area contributed by atoms with Crippen molar-refractivity contribution in [3.8, 4) is 0 Å². The van der Waals surface area contributed by atoms with E-state index in [0.717, 1.165) is 35.5 Å². The van der Waals surface area contributed by atoms with Crippen molar-refractivity contribution in [1.82, 2.24) is 15.5 Å². The Morgan fingerprint density at radius 3 is 3.14 bits per heavy atom. The number of fused-ring (bicyclic) bond motifs is 1. The highest BCUT2D eigenvalue weighted by Crippen LogP contribution is 2.19. The number of benzene rings is 1. The summed E-state index contributed by atoms with van der Waals surface area (Å²) in [5, 5.41) is 13.3. The van der Waals surface area contributed by atoms with Crippen LogP contribution in [0.1, 0.15) is 27.3 Å². The number of hydrogen-bond acceptors (Lipinski definition) is 4. The maximum absolute atomic E-state index is 12.4. The van der Waals surface area contributed by atoms with Crippen molar-refractivity contribution in [1.29, 1.82) is 0 Å². The van der Waals surface area contributed by atoms with Gasteiger partial charge in [-0.05, 0) is 6.07 Å². The summed E-state index contributed by atoms with van der Waals surface area (Å²) in [5.74, 6) is -0.195. The SMILES string of the molecule is COCc1ccccc1NC(=O)c1n[nH]c2c1CNCC2. The Kier molecular flexibility index (Phi) is 3.98. The van der Waals surface area contributed by atoms with Crippen molar-refractivity contribution in [2.24, 2.45) is 0 Å². The van der Waals surface area contributed by atoms with Crippen LogP contribution in [0.3, 0.4) is 0 Å². The molecule has 0 atom stereocenters. The zero-order chi connectivity index (χ0) is 14.7. The van der Waals surface area contributed by atoms with Crippen LogP contribution < -0.4 is 10.6 Å². The molecule has 0 bridgehead atoms. The Morgan fingerprint density at radius 2 is 2.29 bits per heavy atom. The number of anilines is 1. The molecule has 21 heavy (non-hydrogen) atoms. The molecule has 110 valence electrons. The van der Waals surface area contributed by atoms with Gasteiger partial charge < -0.3 is 15.4 Å². The van der Waals surface area contributed by atoms with Gasteiger partial charge in [-0.15, -0.1) is 0 Å². The van der Waals surface area contributed by atoms with Crippen LogP contribution in [0.5, 0.6) is 0 Å². The third-order valence-corrected chi connectivity index (χ3v) is 3.59. The molecular weight excluding hydrogens is 268 g/mol. The monoisotopic (exact) mass is 286 g/mol. The number of nitrogens with one attached hydrogen (secondary N) is 3. The maximum atomic E-state index is 12.4. The fraction of sp³-hybridized carbons (Fsp3) is 0.333. The average molecular weight is 286 g/mol. The third-order valence-electron chi connectivity index (χ3n) is 3.59. The van der Waals surface area contributed by atoms with E-state index in [2.05, 4.69) is 20.8 Å². The van der Waals surface area contributed by atoms with Crippen LogP contribution in [0.25, 0.3) is 0 Å². The molecule has 6 nitrogen and oxygen atoms in total. The Balaban J connectivity index is 1.82. The molecule has 0 saturated carbocycles. The first-order valence-electron chi connectivity index (χ1n) is 6.94. The molecule has 0 unspecified atom stereocenters. The molecule has 1 aliphatic heterocycles. The smallest absolute Gasteiger partial charge is 0.276 e. The Hall–Kier alpha value is -2.18. The van der Waals surface area contributed by atoms with Gasteiger partial charge in [0, 0.05) is 49.1 Å². The molecule has 1 aromatic heterocycles. The first kappa shape index (κ1) is 13.8. The molecule has 0 saturated heterocycles. The number of aromatic amines is 1. The number of nitrogens with zero attached hydrogens (tertiary/aromatic N) is 1. The quantitative estimate of drug-likeness (QED) is 0.795. The fourth-order valence-corrected chi connectivity index (χ4v) is 2.52. The molecule has 2 heterocycles. The number of para-hydroxylation sites is 1. The van der Waals surface area contributed by atoms with Crippen LogP contribution in [0.15, 0.2) is 24.3 Å². The van der Waals surface area contributed by atoms with Gasteiger partial charge >= 0.3 is 0 Å². The maximum Gasteiger partial charge on any atom is 0.276 e. The lowest BCUT2D eigenvalue weighted by Gasteiger charge is -2.13. The summed E-state index contributed by atoms with van der Waals surface area (Å²) in [6.07, 6.45) is 0.871. The molecule has 2 aromatic rings. The fourth-order valence-electron chi connectivity index (χ4n) is 2.52. The minimum Gasteiger partial charge on any atom is -0.380 e. The van der Waals surface area contributed by atoms with Crippen molar-refractivity contribution < 1.29 is 9.53 Å². The normalized spacial score (nSPS) is 13.8. The molecule has 1 amide bonds. The molecule has 0 radical (unpaired) electrons. The minimum absolute atomic E-state index is 0.195. The van der Waals surface area contributed by atoms with Gasteiger partial charge in [-0.2, -0.15) is 5.10 Å². The molecular formula is C15H18N4O2. The van der Waals surface area contributed by atoms with Crippen molar-refractivity contribution in [2.75, 3.05) is 19.0 Å². The second-order valence-corrected chi connectivity index (χ2v) is 5.00. The lowest BCUT2D eigenvalue weighted by atomic mass is 10.1. The van der Waals surface area contributed by atoms with Crippen LogP contribution in [0, 0.1) is 0 Å². The predicted octanol–water partition coefficient (Wildman–Crippen LogP) is 1.45. The van der Waals surface area contributed by atoms with Gasteiger partial charge in [0.15, 0.2) is 5.69 Å². The number of methoxy groups -OCH3 is 1. The highest BCUT2D eigenvalue weighted by atomic mass is 16.5. The van der Waals surface area contributed by atoms with Gasteiger partial charge in [0.2, 0.25) is 0 Å². The lowest BCUT2D eigenvalue weighted by molar-refractivity contribution is 0.102. The van der Waals surface area contributed by atoms with E-state index >= 15 is 0 Å². The number of carbonyl (C=O) groups excluding carboxylic acids is 1. The summed E-state index contributed by atoms with van der Waals surface area (Å²) < 4.78 is 5.15. The van der Waals surface area contributed by atoms with E-state index in [0.29, 0.717) is 18.8 Å². The number of rotatable bonds is 4. The second kappa shape index (κ2) is 6.07. The van der Waals surface area contributed by atoms with E-state index in [4.69, 9.17) is 4.74 Å². The van der Waals surface area contributed by atoms with Crippen molar-refractivity contribution in [3.05, 3.63) is 46.8 Å². The summed E-state index contributed by atoms with van der Waals surface area (Å²) in [4.78, 5) is 12.4. The molecule has 0 fully saturated rings. The van der Waals surface area contributed by atoms with Gasteiger partial charge in [0.25, 0.3) is 5.91 Å². The summed E-state index contributed by atoms with van der Waals surface area (Å²) >= 11 is 0. The molecule has 3 N–H and O–H groups in total. The van der Waals surface area contributed by atoms with Crippen LogP contribution >= 0.6 is 0 Å².